The lowest BCUT2D eigenvalue weighted by atomic mass is 9.86. The second-order valence-corrected chi connectivity index (χ2v) is 4.29. The minimum Gasteiger partial charge on any atom is -0.399 e. The van der Waals surface area contributed by atoms with Crippen molar-refractivity contribution in [2.75, 3.05) is 5.73 Å². The third-order valence-electron chi connectivity index (χ3n) is 3.06. The Kier molecular flexibility index (Phi) is 3.02. The molecule has 1 aromatic heterocycles. The molecule has 1 aliphatic rings. The quantitative estimate of drug-likeness (QED) is 0.778. The highest BCUT2D eigenvalue weighted by atomic mass is 14.7. The van der Waals surface area contributed by atoms with Gasteiger partial charge in [0.05, 0.1) is 0 Å². The summed E-state index contributed by atoms with van der Waals surface area (Å²) in [6.45, 7) is 0. The molecule has 2 heteroatoms. The van der Waals surface area contributed by atoms with Gasteiger partial charge in [0.15, 0.2) is 0 Å². The zero-order valence-corrected chi connectivity index (χ0v) is 8.58. The maximum absolute atomic E-state index is 5.72. The lowest BCUT2D eigenvalue weighted by molar-refractivity contribution is 0.354. The number of nitrogen functional groups attached to an aromatic ring is 1. The molecule has 2 rings (SSSR count). The molecule has 76 valence electrons. The van der Waals surface area contributed by atoms with Gasteiger partial charge in [0.2, 0.25) is 0 Å². The van der Waals surface area contributed by atoms with Crippen LogP contribution in [0.25, 0.3) is 0 Å². The molecule has 0 unspecified atom stereocenters. The Bertz CT molecular complexity index is 290. The number of rotatable bonds is 2. The van der Waals surface area contributed by atoms with Crippen molar-refractivity contribution in [1.29, 1.82) is 0 Å². The van der Waals surface area contributed by atoms with Crippen LogP contribution < -0.4 is 5.73 Å². The SMILES string of the molecule is Nc1ccnc(CC2CCCCC2)c1. The lowest BCUT2D eigenvalue weighted by Gasteiger charge is -2.20. The van der Waals surface area contributed by atoms with Crippen molar-refractivity contribution in [3.05, 3.63) is 24.0 Å². The van der Waals surface area contributed by atoms with Crippen LogP contribution >= 0.6 is 0 Å². The second-order valence-electron chi connectivity index (χ2n) is 4.29. The van der Waals surface area contributed by atoms with Crippen LogP contribution in [0.4, 0.5) is 5.69 Å². The van der Waals surface area contributed by atoms with Crippen LogP contribution in [0.5, 0.6) is 0 Å². The van der Waals surface area contributed by atoms with Crippen LogP contribution in [0.15, 0.2) is 18.3 Å². The number of anilines is 1. The highest BCUT2D eigenvalue weighted by Crippen LogP contribution is 2.26. The summed E-state index contributed by atoms with van der Waals surface area (Å²) in [5.41, 5.74) is 7.73. The molecule has 0 saturated heterocycles. The van der Waals surface area contributed by atoms with Crippen LogP contribution in [-0.2, 0) is 6.42 Å². The number of nitrogens with zero attached hydrogens (tertiary/aromatic N) is 1. The Labute approximate surface area is 85.5 Å². The van der Waals surface area contributed by atoms with Gasteiger partial charge in [0.1, 0.15) is 0 Å². The summed E-state index contributed by atoms with van der Waals surface area (Å²) in [6.07, 6.45) is 9.88. The van der Waals surface area contributed by atoms with Gasteiger partial charge in [-0.1, -0.05) is 32.1 Å². The van der Waals surface area contributed by atoms with Gasteiger partial charge in [-0.2, -0.15) is 0 Å². The fraction of sp³-hybridized carbons (Fsp3) is 0.583. The zero-order valence-electron chi connectivity index (χ0n) is 8.58. The molecule has 1 aromatic rings. The van der Waals surface area contributed by atoms with E-state index in [1.807, 2.05) is 18.3 Å². The molecular formula is C12H18N2. The Morgan fingerprint density at radius 3 is 2.79 bits per heavy atom. The molecule has 1 aliphatic carbocycles. The molecule has 0 atom stereocenters. The monoisotopic (exact) mass is 190 g/mol. The summed E-state index contributed by atoms with van der Waals surface area (Å²) >= 11 is 0. The van der Waals surface area contributed by atoms with Crippen LogP contribution in [-0.4, -0.2) is 4.98 Å². The fourth-order valence-electron chi connectivity index (χ4n) is 2.30. The minimum atomic E-state index is 0.839. The molecule has 0 radical (unpaired) electrons. The van der Waals surface area contributed by atoms with Crippen LogP contribution in [0, 0.1) is 5.92 Å². The molecule has 0 aromatic carbocycles. The predicted molar refractivity (Wildman–Crippen MR) is 58.9 cm³/mol. The third kappa shape index (κ3) is 2.47. The lowest BCUT2D eigenvalue weighted by Crippen LogP contribution is -2.10. The van der Waals surface area contributed by atoms with E-state index in [9.17, 15) is 0 Å². The van der Waals surface area contributed by atoms with Gasteiger partial charge in [-0.3, -0.25) is 4.98 Å². The topological polar surface area (TPSA) is 38.9 Å². The maximum Gasteiger partial charge on any atom is 0.0426 e. The Balaban J connectivity index is 1.95. The number of aromatic nitrogens is 1. The van der Waals surface area contributed by atoms with Gasteiger partial charge in [-0.15, -0.1) is 0 Å². The summed E-state index contributed by atoms with van der Waals surface area (Å²) in [7, 11) is 0. The molecule has 2 nitrogen and oxygen atoms in total. The molecule has 2 N–H and O–H groups in total. The first-order chi connectivity index (χ1) is 6.84. The van der Waals surface area contributed by atoms with Crippen LogP contribution in [0.2, 0.25) is 0 Å². The molecule has 1 saturated carbocycles. The first-order valence-corrected chi connectivity index (χ1v) is 5.55. The third-order valence-corrected chi connectivity index (χ3v) is 3.06. The molecule has 0 aliphatic heterocycles. The maximum atomic E-state index is 5.72. The molecule has 0 bridgehead atoms. The molecule has 14 heavy (non-hydrogen) atoms. The van der Waals surface area contributed by atoms with Gasteiger partial charge in [0.25, 0.3) is 0 Å². The highest BCUT2D eigenvalue weighted by Gasteiger charge is 2.14. The van der Waals surface area contributed by atoms with Crippen molar-refractivity contribution in [2.45, 2.75) is 38.5 Å². The number of hydrogen-bond acceptors (Lipinski definition) is 2. The molecule has 1 heterocycles. The molecule has 0 amide bonds. The summed E-state index contributed by atoms with van der Waals surface area (Å²) in [5, 5.41) is 0. The molecular weight excluding hydrogens is 172 g/mol. The summed E-state index contributed by atoms with van der Waals surface area (Å²) in [6, 6.07) is 3.86. The second kappa shape index (κ2) is 4.45. The Hall–Kier alpha value is -1.05. The van der Waals surface area contributed by atoms with Crippen molar-refractivity contribution in [1.82, 2.24) is 4.98 Å². The van der Waals surface area contributed by atoms with Gasteiger partial charge >= 0.3 is 0 Å². The number of hydrogen-bond donors (Lipinski definition) is 1. The standard InChI is InChI=1S/C12H18N2/c13-11-6-7-14-12(9-11)8-10-4-2-1-3-5-10/h6-7,9-10H,1-5,8H2,(H2,13,14). The van der Waals surface area contributed by atoms with E-state index in [2.05, 4.69) is 4.98 Å². The first kappa shape index (κ1) is 9.50. The van der Waals surface area contributed by atoms with Crippen LogP contribution in [0.1, 0.15) is 37.8 Å². The number of pyridine rings is 1. The van der Waals surface area contributed by atoms with E-state index in [1.54, 1.807) is 0 Å². The normalized spacial score (nSPS) is 18.3. The van der Waals surface area contributed by atoms with E-state index in [0.717, 1.165) is 23.7 Å². The molecule has 1 fully saturated rings. The summed E-state index contributed by atoms with van der Waals surface area (Å²) < 4.78 is 0. The average molecular weight is 190 g/mol. The highest BCUT2D eigenvalue weighted by molar-refractivity contribution is 5.37. The zero-order chi connectivity index (χ0) is 9.80. The van der Waals surface area contributed by atoms with E-state index in [1.165, 1.54) is 32.1 Å². The van der Waals surface area contributed by atoms with Crippen molar-refractivity contribution < 1.29 is 0 Å². The van der Waals surface area contributed by atoms with E-state index >= 15 is 0 Å². The van der Waals surface area contributed by atoms with Crippen molar-refractivity contribution in [3.8, 4) is 0 Å². The van der Waals surface area contributed by atoms with Crippen molar-refractivity contribution in [2.24, 2.45) is 5.92 Å². The van der Waals surface area contributed by atoms with E-state index in [0.29, 0.717) is 0 Å². The average Bonchev–Trinajstić information content (AvgIpc) is 2.19. The van der Waals surface area contributed by atoms with E-state index < -0.39 is 0 Å². The Morgan fingerprint density at radius 2 is 2.07 bits per heavy atom. The predicted octanol–water partition coefficient (Wildman–Crippen LogP) is 2.79. The largest absolute Gasteiger partial charge is 0.399 e. The first-order valence-electron chi connectivity index (χ1n) is 5.55. The van der Waals surface area contributed by atoms with E-state index in [4.69, 9.17) is 5.73 Å². The van der Waals surface area contributed by atoms with Crippen molar-refractivity contribution in [3.63, 3.8) is 0 Å². The van der Waals surface area contributed by atoms with Gasteiger partial charge in [0, 0.05) is 17.6 Å². The fourth-order valence-corrected chi connectivity index (χ4v) is 2.30. The smallest absolute Gasteiger partial charge is 0.0426 e. The van der Waals surface area contributed by atoms with Crippen LogP contribution in [0.3, 0.4) is 0 Å². The molecule has 0 spiro atoms. The van der Waals surface area contributed by atoms with Gasteiger partial charge in [-0.05, 0) is 24.5 Å². The minimum absolute atomic E-state index is 0.839. The van der Waals surface area contributed by atoms with Gasteiger partial charge in [-0.25, -0.2) is 0 Å². The summed E-state index contributed by atoms with van der Waals surface area (Å²) in [4.78, 5) is 4.35. The Morgan fingerprint density at radius 1 is 1.29 bits per heavy atom. The van der Waals surface area contributed by atoms with Gasteiger partial charge < -0.3 is 5.73 Å². The van der Waals surface area contributed by atoms with Crippen molar-refractivity contribution >= 4 is 5.69 Å². The summed E-state index contributed by atoms with van der Waals surface area (Å²) in [5.74, 6) is 0.845. The number of nitrogens with two attached hydrogens (primary N) is 1. The van der Waals surface area contributed by atoms with E-state index in [-0.39, 0.29) is 0 Å².